The number of allylic oxidation sites excluding steroid dienone is 1. The van der Waals surface area contributed by atoms with Crippen molar-refractivity contribution in [2.24, 2.45) is 11.8 Å². The zero-order valence-electron chi connectivity index (χ0n) is 30.3. The van der Waals surface area contributed by atoms with Gasteiger partial charge in [-0.15, -0.1) is 0 Å². The first-order valence-corrected chi connectivity index (χ1v) is 18.9. The first-order chi connectivity index (χ1) is 23.3. The van der Waals surface area contributed by atoms with Crippen molar-refractivity contribution in [1.29, 1.82) is 0 Å². The number of nitrogens with one attached hydrogen (secondary N) is 3. The largest absolute Gasteiger partial charge is 0.444 e. The Hall–Kier alpha value is -3.09. The third-order valence-electron chi connectivity index (χ3n) is 8.45. The summed E-state index contributed by atoms with van der Waals surface area (Å²) in [6, 6.07) is 7.41. The zero-order valence-corrected chi connectivity index (χ0v) is 31.1. The van der Waals surface area contributed by atoms with E-state index in [-0.39, 0.29) is 24.9 Å². The lowest BCUT2D eigenvalue weighted by atomic mass is 9.85. The summed E-state index contributed by atoms with van der Waals surface area (Å²) in [5, 5.41) is 29.1. The number of rotatable bonds is 19. The van der Waals surface area contributed by atoms with Gasteiger partial charge in [0, 0.05) is 30.5 Å². The van der Waals surface area contributed by atoms with Crippen LogP contribution in [0.25, 0.3) is 0 Å². The van der Waals surface area contributed by atoms with E-state index < -0.39 is 53.7 Å². The van der Waals surface area contributed by atoms with Crippen molar-refractivity contribution < 1.29 is 34.1 Å². The molecule has 0 aromatic heterocycles. The van der Waals surface area contributed by atoms with Crippen molar-refractivity contribution in [2.75, 3.05) is 25.4 Å². The molecule has 1 aromatic carbocycles. The van der Waals surface area contributed by atoms with Gasteiger partial charge in [0.2, 0.25) is 17.7 Å². The molecular formula is C37H60N4O7S. The van der Waals surface area contributed by atoms with Crippen LogP contribution < -0.4 is 16.0 Å². The minimum atomic E-state index is -1.00. The summed E-state index contributed by atoms with van der Waals surface area (Å²) in [4.78, 5) is 54.8. The van der Waals surface area contributed by atoms with Gasteiger partial charge in [-0.2, -0.15) is 11.8 Å². The molecule has 1 aliphatic heterocycles. The molecule has 1 heterocycles. The predicted octanol–water partition coefficient (Wildman–Crippen LogP) is 4.56. The van der Waals surface area contributed by atoms with E-state index in [9.17, 15) is 24.3 Å². The molecule has 4 amide bonds. The number of benzene rings is 1. The smallest absolute Gasteiger partial charge is 0.410 e. The second-order valence-electron chi connectivity index (χ2n) is 13.9. The number of unbranched alkanes of at least 4 members (excludes halogenated alkanes) is 1. The number of ether oxygens (including phenoxy) is 1. The number of aliphatic hydroxyl groups is 2. The van der Waals surface area contributed by atoms with Crippen molar-refractivity contribution in [3.8, 4) is 0 Å². The van der Waals surface area contributed by atoms with Crippen LogP contribution in [-0.2, 0) is 24.9 Å². The molecule has 2 rings (SSSR count). The Labute approximate surface area is 297 Å². The minimum Gasteiger partial charge on any atom is -0.444 e. The van der Waals surface area contributed by atoms with Gasteiger partial charge < -0.3 is 30.9 Å². The van der Waals surface area contributed by atoms with E-state index in [1.807, 2.05) is 43.3 Å². The van der Waals surface area contributed by atoms with Gasteiger partial charge in [0.25, 0.3) is 0 Å². The highest BCUT2D eigenvalue weighted by atomic mass is 32.2. The fourth-order valence-electron chi connectivity index (χ4n) is 5.76. The maximum atomic E-state index is 13.9. The summed E-state index contributed by atoms with van der Waals surface area (Å²) < 4.78 is 5.65. The summed E-state index contributed by atoms with van der Waals surface area (Å²) in [6.07, 6.45) is 6.60. The predicted molar refractivity (Wildman–Crippen MR) is 195 cm³/mol. The van der Waals surface area contributed by atoms with E-state index in [0.717, 1.165) is 24.8 Å². The normalized spacial score (nSPS) is 19.1. The molecule has 0 bridgehead atoms. The minimum absolute atomic E-state index is 0.0727. The Morgan fingerprint density at radius 1 is 1.08 bits per heavy atom. The van der Waals surface area contributed by atoms with Gasteiger partial charge in [0.15, 0.2) is 0 Å². The van der Waals surface area contributed by atoms with Crippen LogP contribution in [0.2, 0.25) is 0 Å². The number of hydrogen-bond donors (Lipinski definition) is 5. The van der Waals surface area contributed by atoms with Gasteiger partial charge in [0.05, 0.1) is 18.8 Å². The lowest BCUT2D eigenvalue weighted by Crippen LogP contribution is -2.60. The summed E-state index contributed by atoms with van der Waals surface area (Å²) in [6.45, 7) is 11.6. The summed E-state index contributed by atoms with van der Waals surface area (Å²) in [5.74, 6) is -0.622. The second kappa shape index (κ2) is 21.9. The Kier molecular flexibility index (Phi) is 18.8. The number of thioether (sulfide) groups is 1. The van der Waals surface area contributed by atoms with E-state index in [0.29, 0.717) is 43.9 Å². The summed E-state index contributed by atoms with van der Waals surface area (Å²) >= 11 is 1.56. The van der Waals surface area contributed by atoms with Gasteiger partial charge in [-0.05, 0) is 77.7 Å². The molecule has 0 aliphatic carbocycles. The van der Waals surface area contributed by atoms with Gasteiger partial charge in [0.1, 0.15) is 17.7 Å². The van der Waals surface area contributed by atoms with Crippen molar-refractivity contribution in [3.05, 3.63) is 48.0 Å². The Morgan fingerprint density at radius 3 is 2.45 bits per heavy atom. The van der Waals surface area contributed by atoms with Crippen LogP contribution in [0.1, 0.15) is 92.1 Å². The standard InChI is InChI=1S/C37H60N4O7S/c1-7-8-20-38-33(44)26(2)23-31(43)30(25-49-24-28-16-11-9-12-17-28)40-34(45)27(3)39-35(46)32-29(18-13-10-14-22-42)19-15-21-41(32)36(47)48-37(4,5)6/h9-12,14,16-17,26-27,29-32,42-43H,7-8,13,15,18-25H2,1-6H3,(H,38,44)(H,39,46)(H,40,45)/b14-10+/t26-,27+,29-,30+,31+,32+/m1/s1. The van der Waals surface area contributed by atoms with Crippen LogP contribution in [-0.4, -0.2) is 94.2 Å². The lowest BCUT2D eigenvalue weighted by Gasteiger charge is -2.41. The van der Waals surface area contributed by atoms with E-state index in [2.05, 4.69) is 16.0 Å². The number of carbonyl (C=O) groups excluding carboxylic acids is 4. The maximum absolute atomic E-state index is 13.9. The van der Waals surface area contributed by atoms with Gasteiger partial charge in [-0.3, -0.25) is 19.3 Å². The highest BCUT2D eigenvalue weighted by Crippen LogP contribution is 2.30. The Bertz CT molecular complexity index is 1190. The lowest BCUT2D eigenvalue weighted by molar-refractivity contribution is -0.134. The number of nitrogens with zero attached hydrogens (tertiary/aromatic N) is 1. The van der Waals surface area contributed by atoms with Crippen LogP contribution in [0, 0.1) is 11.8 Å². The molecule has 1 aromatic rings. The summed E-state index contributed by atoms with van der Waals surface area (Å²) in [7, 11) is 0. The van der Waals surface area contributed by atoms with Crippen molar-refractivity contribution >= 4 is 35.6 Å². The Morgan fingerprint density at radius 2 is 1.80 bits per heavy atom. The molecule has 276 valence electrons. The fourth-order valence-corrected chi connectivity index (χ4v) is 6.86. The first kappa shape index (κ1) is 42.1. The number of aliphatic hydroxyl groups excluding tert-OH is 2. The third-order valence-corrected chi connectivity index (χ3v) is 9.59. The average Bonchev–Trinajstić information content (AvgIpc) is 3.05. The van der Waals surface area contributed by atoms with Crippen LogP contribution in [0.5, 0.6) is 0 Å². The monoisotopic (exact) mass is 704 g/mol. The number of piperidine rings is 1. The van der Waals surface area contributed by atoms with Crippen LogP contribution in [0.3, 0.4) is 0 Å². The van der Waals surface area contributed by atoms with E-state index in [4.69, 9.17) is 9.84 Å². The molecule has 5 N–H and O–H groups in total. The van der Waals surface area contributed by atoms with Crippen molar-refractivity contribution in [1.82, 2.24) is 20.9 Å². The highest BCUT2D eigenvalue weighted by Gasteiger charge is 2.41. The molecule has 12 heteroatoms. The first-order valence-electron chi connectivity index (χ1n) is 17.7. The number of amides is 4. The van der Waals surface area contributed by atoms with E-state index in [1.54, 1.807) is 52.5 Å². The van der Waals surface area contributed by atoms with Crippen LogP contribution >= 0.6 is 11.8 Å². The number of hydrogen-bond acceptors (Lipinski definition) is 8. The molecule has 0 spiro atoms. The highest BCUT2D eigenvalue weighted by molar-refractivity contribution is 7.98. The quantitative estimate of drug-likeness (QED) is 0.104. The molecule has 6 atom stereocenters. The van der Waals surface area contributed by atoms with Gasteiger partial charge >= 0.3 is 6.09 Å². The molecule has 1 saturated heterocycles. The summed E-state index contributed by atoms with van der Waals surface area (Å²) in [5.41, 5.74) is 0.365. The van der Waals surface area contributed by atoms with Crippen LogP contribution in [0.15, 0.2) is 42.5 Å². The van der Waals surface area contributed by atoms with E-state index in [1.165, 1.54) is 4.90 Å². The Balaban J connectivity index is 2.17. The van der Waals surface area contributed by atoms with Gasteiger partial charge in [-0.25, -0.2) is 4.79 Å². The van der Waals surface area contributed by atoms with Crippen molar-refractivity contribution in [3.63, 3.8) is 0 Å². The molecule has 0 saturated carbocycles. The number of likely N-dealkylation sites (tertiary alicyclic amines) is 1. The molecule has 1 fully saturated rings. The van der Waals surface area contributed by atoms with E-state index >= 15 is 0 Å². The molecule has 49 heavy (non-hydrogen) atoms. The topological polar surface area (TPSA) is 157 Å². The van der Waals surface area contributed by atoms with Gasteiger partial charge in [-0.1, -0.05) is 62.8 Å². The SMILES string of the molecule is CCCCNC(=O)[C@H](C)C[C@H](O)[C@H](CSCc1ccccc1)NC(=O)[C@H](C)NC(=O)[C@@H]1[C@H](CC/C=C/CO)CCCN1C(=O)OC(C)(C)C. The molecule has 0 radical (unpaired) electrons. The van der Waals surface area contributed by atoms with Crippen molar-refractivity contribution in [2.45, 2.75) is 122 Å². The molecule has 11 nitrogen and oxygen atoms in total. The second-order valence-corrected chi connectivity index (χ2v) is 15.0. The molecular weight excluding hydrogens is 644 g/mol. The molecule has 1 aliphatic rings. The fraction of sp³-hybridized carbons (Fsp3) is 0.676. The number of carbonyl (C=O) groups is 4. The average molecular weight is 705 g/mol. The maximum Gasteiger partial charge on any atom is 0.410 e. The molecule has 0 unspecified atom stereocenters. The third kappa shape index (κ3) is 15.6. The zero-order chi connectivity index (χ0) is 36.4. The van der Waals surface area contributed by atoms with Crippen LogP contribution in [0.4, 0.5) is 4.79 Å².